The molecule has 2 heterocycles. The normalized spacial score (nSPS) is 23.6. The fraction of sp³-hybridized carbons (Fsp3) is 0.538. The van der Waals surface area contributed by atoms with E-state index in [2.05, 4.69) is 10.1 Å². The van der Waals surface area contributed by atoms with Crippen molar-refractivity contribution in [3.63, 3.8) is 0 Å². The molecule has 2 N–H and O–H groups in total. The van der Waals surface area contributed by atoms with E-state index in [0.717, 1.165) is 18.8 Å². The van der Waals surface area contributed by atoms with E-state index in [-0.39, 0.29) is 0 Å². The van der Waals surface area contributed by atoms with E-state index in [9.17, 15) is 0 Å². The number of rotatable bonds is 4. The molecule has 0 radical (unpaired) electrons. The molecule has 1 saturated carbocycles. The molecule has 0 spiro atoms. The van der Waals surface area contributed by atoms with E-state index in [1.54, 1.807) is 10.7 Å². The van der Waals surface area contributed by atoms with Gasteiger partial charge in [-0.3, -0.25) is 0 Å². The van der Waals surface area contributed by atoms with Gasteiger partial charge in [-0.05, 0) is 31.2 Å². The predicted molar refractivity (Wildman–Crippen MR) is 68.4 cm³/mol. The zero-order chi connectivity index (χ0) is 12.4. The quantitative estimate of drug-likeness (QED) is 0.887. The molecule has 1 aliphatic rings. The van der Waals surface area contributed by atoms with Crippen molar-refractivity contribution >= 4 is 5.65 Å². The van der Waals surface area contributed by atoms with Crippen LogP contribution in [0.2, 0.25) is 0 Å². The Morgan fingerprint density at radius 1 is 1.33 bits per heavy atom. The second-order valence-electron chi connectivity index (χ2n) is 4.90. The lowest BCUT2D eigenvalue weighted by Gasteiger charge is -2.17. The summed E-state index contributed by atoms with van der Waals surface area (Å²) in [5.41, 5.74) is 6.59. The maximum Gasteiger partial charge on any atom is 0.216 e. The molecule has 2 unspecified atom stereocenters. The second kappa shape index (κ2) is 4.94. The molecule has 0 amide bonds. The summed E-state index contributed by atoms with van der Waals surface area (Å²) in [6.07, 6.45) is 7.32. The van der Waals surface area contributed by atoms with Gasteiger partial charge >= 0.3 is 0 Å². The highest BCUT2D eigenvalue weighted by Crippen LogP contribution is 2.31. The molecule has 0 saturated heterocycles. The van der Waals surface area contributed by atoms with Gasteiger partial charge in [0.2, 0.25) is 5.88 Å². The summed E-state index contributed by atoms with van der Waals surface area (Å²) in [5, 5.41) is 4.10. The molecule has 18 heavy (non-hydrogen) atoms. The average molecular weight is 246 g/mol. The van der Waals surface area contributed by atoms with Crippen LogP contribution < -0.4 is 10.5 Å². The van der Waals surface area contributed by atoms with Crippen molar-refractivity contribution in [3.05, 3.63) is 24.5 Å². The van der Waals surface area contributed by atoms with Gasteiger partial charge in [0.15, 0.2) is 5.65 Å². The van der Waals surface area contributed by atoms with Crippen molar-refractivity contribution < 1.29 is 4.74 Å². The first-order chi connectivity index (χ1) is 8.86. The summed E-state index contributed by atoms with van der Waals surface area (Å²) in [6, 6.07) is 3.72. The minimum absolute atomic E-state index is 0.581. The van der Waals surface area contributed by atoms with E-state index >= 15 is 0 Å². The number of aromatic nitrogens is 3. The summed E-state index contributed by atoms with van der Waals surface area (Å²) < 4.78 is 7.52. The summed E-state index contributed by atoms with van der Waals surface area (Å²) in [6.45, 7) is 1.49. The molecule has 3 rings (SSSR count). The van der Waals surface area contributed by atoms with Crippen LogP contribution in [-0.4, -0.2) is 27.7 Å². The Hall–Kier alpha value is -1.62. The Balaban J connectivity index is 1.65. The third kappa shape index (κ3) is 2.18. The smallest absolute Gasteiger partial charge is 0.216 e. The lowest BCUT2D eigenvalue weighted by molar-refractivity contribution is 0.210. The van der Waals surface area contributed by atoms with Crippen LogP contribution in [0.1, 0.15) is 19.3 Å². The topological polar surface area (TPSA) is 65.4 Å². The second-order valence-corrected chi connectivity index (χ2v) is 4.90. The number of hydrogen-bond acceptors (Lipinski definition) is 4. The van der Waals surface area contributed by atoms with Crippen molar-refractivity contribution in [3.8, 4) is 5.88 Å². The summed E-state index contributed by atoms with van der Waals surface area (Å²) in [4.78, 5) is 4.39. The van der Waals surface area contributed by atoms with E-state index in [0.29, 0.717) is 17.7 Å². The van der Waals surface area contributed by atoms with Crippen LogP contribution in [0.5, 0.6) is 5.88 Å². The molecule has 5 nitrogen and oxygen atoms in total. The molecule has 2 aromatic rings. The van der Waals surface area contributed by atoms with Crippen LogP contribution in [0.4, 0.5) is 0 Å². The number of nitrogens with two attached hydrogens (primary N) is 1. The highest BCUT2D eigenvalue weighted by molar-refractivity contribution is 5.37. The minimum atomic E-state index is 0.581. The fourth-order valence-corrected chi connectivity index (χ4v) is 2.71. The van der Waals surface area contributed by atoms with Crippen molar-refractivity contribution in [2.24, 2.45) is 17.6 Å². The highest BCUT2D eigenvalue weighted by Gasteiger charge is 2.26. The zero-order valence-corrected chi connectivity index (χ0v) is 10.3. The third-order valence-corrected chi connectivity index (χ3v) is 3.80. The molecule has 96 valence electrons. The molecule has 5 heteroatoms. The van der Waals surface area contributed by atoms with Crippen molar-refractivity contribution in [2.75, 3.05) is 13.2 Å². The van der Waals surface area contributed by atoms with E-state index in [1.807, 2.05) is 18.3 Å². The lowest BCUT2D eigenvalue weighted by atomic mass is 9.97. The first-order valence-corrected chi connectivity index (χ1v) is 6.50. The maximum atomic E-state index is 5.79. The SMILES string of the molecule is NCC1CCCC1COc1ccn2nccc2n1. The highest BCUT2D eigenvalue weighted by atomic mass is 16.5. The standard InChI is InChI=1S/C13H18N4O/c14-8-10-2-1-3-11(10)9-18-13-5-7-17-12(16-13)4-6-15-17/h4-7,10-11H,1-3,8-9,14H2. The van der Waals surface area contributed by atoms with Crippen LogP contribution in [-0.2, 0) is 0 Å². The molecule has 1 aliphatic carbocycles. The molecular formula is C13H18N4O. The molecule has 2 atom stereocenters. The maximum absolute atomic E-state index is 5.79. The summed E-state index contributed by atoms with van der Waals surface area (Å²) in [5.74, 6) is 1.87. The molecule has 0 aliphatic heterocycles. The molecule has 0 bridgehead atoms. The number of fused-ring (bicyclic) bond motifs is 1. The fourth-order valence-electron chi connectivity index (χ4n) is 2.71. The number of nitrogens with zero attached hydrogens (tertiary/aromatic N) is 3. The average Bonchev–Trinajstić information content (AvgIpc) is 3.04. The van der Waals surface area contributed by atoms with E-state index in [1.165, 1.54) is 19.3 Å². The Labute approximate surface area is 106 Å². The van der Waals surface area contributed by atoms with Gasteiger partial charge in [0.25, 0.3) is 0 Å². The number of ether oxygens (including phenoxy) is 1. The van der Waals surface area contributed by atoms with Crippen LogP contribution in [0.25, 0.3) is 5.65 Å². The van der Waals surface area contributed by atoms with Gasteiger partial charge in [-0.15, -0.1) is 0 Å². The summed E-state index contributed by atoms with van der Waals surface area (Å²) in [7, 11) is 0. The van der Waals surface area contributed by atoms with Gasteiger partial charge < -0.3 is 10.5 Å². The Bertz CT molecular complexity index is 524. The minimum Gasteiger partial charge on any atom is -0.477 e. The van der Waals surface area contributed by atoms with E-state index < -0.39 is 0 Å². The van der Waals surface area contributed by atoms with Crippen LogP contribution in [0, 0.1) is 11.8 Å². The van der Waals surface area contributed by atoms with Gasteiger partial charge in [-0.1, -0.05) is 6.42 Å². The van der Waals surface area contributed by atoms with Crippen LogP contribution in [0.15, 0.2) is 24.5 Å². The van der Waals surface area contributed by atoms with Crippen molar-refractivity contribution in [1.82, 2.24) is 14.6 Å². The van der Waals surface area contributed by atoms with Gasteiger partial charge in [0.1, 0.15) is 0 Å². The largest absolute Gasteiger partial charge is 0.477 e. The monoisotopic (exact) mass is 246 g/mol. The Morgan fingerprint density at radius 2 is 2.22 bits per heavy atom. The van der Waals surface area contributed by atoms with Gasteiger partial charge in [0.05, 0.1) is 12.8 Å². The Kier molecular flexibility index (Phi) is 3.15. The Morgan fingerprint density at radius 3 is 3.11 bits per heavy atom. The van der Waals surface area contributed by atoms with E-state index in [4.69, 9.17) is 10.5 Å². The molecular weight excluding hydrogens is 228 g/mol. The van der Waals surface area contributed by atoms with Crippen LogP contribution >= 0.6 is 0 Å². The first kappa shape index (κ1) is 11.5. The van der Waals surface area contributed by atoms with Crippen molar-refractivity contribution in [2.45, 2.75) is 19.3 Å². The van der Waals surface area contributed by atoms with Crippen LogP contribution in [0.3, 0.4) is 0 Å². The third-order valence-electron chi connectivity index (χ3n) is 3.80. The lowest BCUT2D eigenvalue weighted by Crippen LogP contribution is -2.23. The van der Waals surface area contributed by atoms with Gasteiger partial charge in [-0.25, -0.2) is 4.52 Å². The van der Waals surface area contributed by atoms with Gasteiger partial charge in [-0.2, -0.15) is 10.1 Å². The van der Waals surface area contributed by atoms with Crippen molar-refractivity contribution in [1.29, 1.82) is 0 Å². The first-order valence-electron chi connectivity index (χ1n) is 6.50. The van der Waals surface area contributed by atoms with Gasteiger partial charge in [0, 0.05) is 18.3 Å². The summed E-state index contributed by atoms with van der Waals surface area (Å²) >= 11 is 0. The molecule has 2 aromatic heterocycles. The zero-order valence-electron chi connectivity index (χ0n) is 10.3. The molecule has 0 aromatic carbocycles. The number of hydrogen-bond donors (Lipinski definition) is 1. The predicted octanol–water partition coefficient (Wildman–Crippen LogP) is 1.48. The molecule has 1 fully saturated rings.